The van der Waals surface area contributed by atoms with E-state index >= 15 is 0 Å². The van der Waals surface area contributed by atoms with Crippen LogP contribution in [0.2, 0.25) is 0 Å². The van der Waals surface area contributed by atoms with Crippen molar-refractivity contribution in [3.63, 3.8) is 0 Å². The van der Waals surface area contributed by atoms with Crippen molar-refractivity contribution in [3.05, 3.63) is 70.4 Å². The number of para-hydroxylation sites is 2. The molecular formula is C38H64N2NiP+. The largest absolute Gasteiger partial charge is 2.00 e. The zero-order chi connectivity index (χ0) is 31.7. The van der Waals surface area contributed by atoms with E-state index in [-0.39, 0.29) is 32.8 Å². The van der Waals surface area contributed by atoms with Gasteiger partial charge in [-0.15, -0.1) is 5.69 Å². The van der Waals surface area contributed by atoms with Gasteiger partial charge in [0.2, 0.25) is 0 Å². The summed E-state index contributed by atoms with van der Waals surface area (Å²) in [6.07, 6.45) is 5.28. The summed E-state index contributed by atoms with van der Waals surface area (Å²) in [5, 5.41) is 6.14. The minimum atomic E-state index is -0.799. The Balaban J connectivity index is 0.00000402. The fourth-order valence-corrected chi connectivity index (χ4v) is 9.82. The third kappa shape index (κ3) is 12.1. The van der Waals surface area contributed by atoms with E-state index in [1.165, 1.54) is 27.9 Å². The number of rotatable bonds is 10. The van der Waals surface area contributed by atoms with Crippen LogP contribution in [0.5, 0.6) is 0 Å². The van der Waals surface area contributed by atoms with Gasteiger partial charge in [0.25, 0.3) is 0 Å². The molecule has 42 heavy (non-hydrogen) atoms. The molecular weight excluding hydrogens is 574 g/mol. The molecule has 0 amide bonds. The molecule has 2 rings (SSSR count). The molecule has 2 nitrogen and oxygen atoms in total. The van der Waals surface area contributed by atoms with Gasteiger partial charge in [-0.05, 0) is 88.6 Å². The summed E-state index contributed by atoms with van der Waals surface area (Å²) in [5.41, 5.74) is 7.70. The first-order valence-electron chi connectivity index (χ1n) is 16.0. The standard InChI is InChI=1S/C35H56N2P.C3H7.Ni/c1-23(2)28-17-15-18-29(24(3)4)32(28)36-21-27(22-38(34(9,10)11)35(12,13)14)37-33-30(25(5)6)19-16-20-31(33)26(7)8;1-3-2;/h15-21,23-27H,22H2,1-14H3;3H,1-2H3;/q2*-1;+2/p+1. The molecule has 0 spiro atoms. The first-order valence-corrected chi connectivity index (χ1v) is 17.7. The van der Waals surface area contributed by atoms with Gasteiger partial charge in [-0.1, -0.05) is 103 Å². The predicted molar refractivity (Wildman–Crippen MR) is 193 cm³/mol. The van der Waals surface area contributed by atoms with Gasteiger partial charge >= 0.3 is 16.5 Å². The van der Waals surface area contributed by atoms with E-state index in [0.717, 1.165) is 11.8 Å². The van der Waals surface area contributed by atoms with Crippen molar-refractivity contribution in [2.45, 2.75) is 151 Å². The average molecular weight is 639 g/mol. The van der Waals surface area contributed by atoms with Crippen molar-refractivity contribution in [1.29, 1.82) is 0 Å². The van der Waals surface area contributed by atoms with Gasteiger partial charge in [0.15, 0.2) is 0 Å². The van der Waals surface area contributed by atoms with E-state index < -0.39 is 7.92 Å². The van der Waals surface area contributed by atoms with Crippen LogP contribution in [0, 0.1) is 6.42 Å². The van der Waals surface area contributed by atoms with Gasteiger partial charge < -0.3 is 11.7 Å². The normalized spacial score (nSPS) is 13.2. The van der Waals surface area contributed by atoms with Crippen molar-refractivity contribution in [3.8, 4) is 0 Å². The molecule has 1 unspecified atom stereocenters. The smallest absolute Gasteiger partial charge is 0.674 e. The number of hydrogen-bond acceptors (Lipinski definition) is 1. The van der Waals surface area contributed by atoms with Gasteiger partial charge in [0.1, 0.15) is 0 Å². The summed E-state index contributed by atoms with van der Waals surface area (Å²) in [6.45, 7) is 36.8. The van der Waals surface area contributed by atoms with Crippen LogP contribution >= 0.6 is 7.92 Å². The van der Waals surface area contributed by atoms with Crippen LogP contribution in [0.15, 0.2) is 41.4 Å². The molecule has 2 aromatic carbocycles. The number of benzene rings is 2. The zero-order valence-electron chi connectivity index (χ0n) is 29.9. The number of aliphatic imine (C=N–C) groups is 1. The second-order valence-electron chi connectivity index (χ2n) is 14.9. The summed E-state index contributed by atoms with van der Waals surface area (Å²) in [7, 11) is -0.799. The van der Waals surface area contributed by atoms with E-state index in [2.05, 4.69) is 140 Å². The monoisotopic (exact) mass is 637 g/mol. The quantitative estimate of drug-likeness (QED) is 0.107. The molecule has 0 fully saturated rings. The zero-order valence-corrected chi connectivity index (χ0v) is 31.9. The van der Waals surface area contributed by atoms with E-state index in [9.17, 15) is 0 Å². The van der Waals surface area contributed by atoms with Crippen molar-refractivity contribution >= 4 is 25.5 Å². The Morgan fingerprint density at radius 1 is 0.690 bits per heavy atom. The molecule has 0 saturated carbocycles. The molecule has 4 heteroatoms. The fourth-order valence-electron chi connectivity index (χ4n) is 5.73. The van der Waals surface area contributed by atoms with Gasteiger partial charge in [-0.25, -0.2) is 0 Å². The van der Waals surface area contributed by atoms with Crippen LogP contribution in [-0.4, -0.2) is 28.7 Å². The third-order valence-corrected chi connectivity index (χ3v) is 12.0. The maximum Gasteiger partial charge on any atom is 2.00 e. The Labute approximate surface area is 273 Å². The maximum absolute atomic E-state index is 5.61. The first kappa shape index (κ1) is 40.8. The SMILES string of the molecule is CC(C)c1cccc(C(C)C)c1N=CC(C[PH+](C(C)(C)C)C(C)(C)C)[N-]c1c(C(C)C)cccc1C(C)C.C[CH-]C.[Ni+2]. The second kappa shape index (κ2) is 18.0. The summed E-state index contributed by atoms with van der Waals surface area (Å²) in [6, 6.07) is 13.5. The number of nitrogens with zero attached hydrogens (tertiary/aromatic N) is 2. The Bertz CT molecular complexity index is 1020. The molecule has 0 aromatic heterocycles. The molecule has 0 N–H and O–H groups in total. The van der Waals surface area contributed by atoms with Crippen LogP contribution in [0.25, 0.3) is 5.32 Å². The molecule has 0 aliphatic rings. The molecule has 0 aliphatic carbocycles. The van der Waals surface area contributed by atoms with Crippen LogP contribution in [0.1, 0.15) is 157 Å². The Kier molecular flexibility index (Phi) is 17.5. The van der Waals surface area contributed by atoms with Crippen LogP contribution in [-0.2, 0) is 16.5 Å². The third-order valence-electron chi connectivity index (χ3n) is 7.58. The molecule has 0 aliphatic heterocycles. The minimum absolute atomic E-state index is 0. The second-order valence-corrected chi connectivity index (χ2v) is 19.3. The molecule has 0 saturated heterocycles. The minimum Gasteiger partial charge on any atom is -0.674 e. The van der Waals surface area contributed by atoms with Crippen molar-refractivity contribution in [2.24, 2.45) is 4.99 Å². The summed E-state index contributed by atoms with van der Waals surface area (Å²) in [5.74, 6) is 1.70. The van der Waals surface area contributed by atoms with E-state index in [1.807, 2.05) is 20.3 Å². The van der Waals surface area contributed by atoms with Crippen molar-refractivity contribution in [1.82, 2.24) is 0 Å². The fraction of sp³-hybridized carbons (Fsp3) is 0.632. The van der Waals surface area contributed by atoms with E-state index in [1.54, 1.807) is 0 Å². The molecule has 0 bridgehead atoms. The van der Waals surface area contributed by atoms with Crippen LogP contribution < -0.4 is 0 Å². The average Bonchev–Trinajstić information content (AvgIpc) is 2.83. The van der Waals surface area contributed by atoms with Gasteiger partial charge in [-0.3, -0.25) is 4.99 Å². The van der Waals surface area contributed by atoms with Gasteiger partial charge in [0, 0.05) is 14.1 Å². The first-order chi connectivity index (χ1) is 18.9. The summed E-state index contributed by atoms with van der Waals surface area (Å²) < 4.78 is 0. The summed E-state index contributed by atoms with van der Waals surface area (Å²) in [4.78, 5) is 5.31. The topological polar surface area (TPSA) is 26.5 Å². The van der Waals surface area contributed by atoms with Crippen LogP contribution in [0.3, 0.4) is 0 Å². The molecule has 2 aromatic rings. The summed E-state index contributed by atoms with van der Waals surface area (Å²) >= 11 is 0. The van der Waals surface area contributed by atoms with E-state index in [4.69, 9.17) is 10.3 Å². The van der Waals surface area contributed by atoms with Crippen molar-refractivity contribution in [2.75, 3.05) is 6.16 Å². The molecule has 1 atom stereocenters. The van der Waals surface area contributed by atoms with E-state index in [0.29, 0.717) is 23.7 Å². The van der Waals surface area contributed by atoms with Gasteiger partial charge in [0.05, 0.1) is 16.0 Å². The number of hydrogen-bond donors (Lipinski definition) is 0. The molecule has 0 radical (unpaired) electrons. The maximum atomic E-state index is 5.61. The molecule has 0 heterocycles. The van der Waals surface area contributed by atoms with Crippen molar-refractivity contribution < 1.29 is 16.5 Å². The Morgan fingerprint density at radius 2 is 1.02 bits per heavy atom. The predicted octanol–water partition coefficient (Wildman–Crippen LogP) is 13.0. The molecule has 240 valence electrons. The Hall–Kier alpha value is -1.17. The Morgan fingerprint density at radius 3 is 1.33 bits per heavy atom. The van der Waals surface area contributed by atoms with Crippen LogP contribution in [0.4, 0.5) is 11.4 Å². The van der Waals surface area contributed by atoms with Gasteiger partial charge in [-0.2, -0.15) is 13.8 Å².